The molecule has 0 spiro atoms. The lowest BCUT2D eigenvalue weighted by molar-refractivity contribution is -0.148. The minimum Gasteiger partial charge on any atom is -0.460 e. The van der Waals surface area contributed by atoms with Crippen molar-refractivity contribution < 1.29 is 14.3 Å². The van der Waals surface area contributed by atoms with E-state index >= 15 is 0 Å². The molecule has 1 rings (SSSR count). The molecule has 0 saturated carbocycles. The predicted molar refractivity (Wildman–Crippen MR) is 46.9 cm³/mol. The van der Waals surface area contributed by atoms with E-state index in [4.69, 9.17) is 4.74 Å². The Morgan fingerprint density at radius 2 is 2.23 bits per heavy atom. The highest BCUT2D eigenvalue weighted by molar-refractivity contribution is 5.82. The number of nitrogens with one attached hydrogen (secondary N) is 1. The number of hydrogen-bond acceptors (Lipinski definition) is 3. The van der Waals surface area contributed by atoms with E-state index in [0.29, 0.717) is 6.54 Å². The number of esters is 1. The SMILES string of the molecule is CC(=O)OC1CNC(=O)C1C(C)C. The van der Waals surface area contributed by atoms with E-state index in [1.807, 2.05) is 13.8 Å². The Hall–Kier alpha value is -1.06. The second-order valence-corrected chi connectivity index (χ2v) is 3.66. The zero-order valence-corrected chi connectivity index (χ0v) is 8.16. The molecule has 0 radical (unpaired) electrons. The van der Waals surface area contributed by atoms with Crippen LogP contribution in [0.5, 0.6) is 0 Å². The minimum absolute atomic E-state index is 0.0127. The molecule has 0 aliphatic carbocycles. The van der Waals surface area contributed by atoms with Gasteiger partial charge < -0.3 is 10.1 Å². The van der Waals surface area contributed by atoms with E-state index < -0.39 is 0 Å². The van der Waals surface area contributed by atoms with Crippen molar-refractivity contribution in [3.8, 4) is 0 Å². The molecular weight excluding hydrogens is 170 g/mol. The molecule has 0 aromatic rings. The molecule has 4 nitrogen and oxygen atoms in total. The van der Waals surface area contributed by atoms with Crippen molar-refractivity contribution >= 4 is 11.9 Å². The van der Waals surface area contributed by atoms with Crippen molar-refractivity contribution in [3.05, 3.63) is 0 Å². The van der Waals surface area contributed by atoms with Gasteiger partial charge in [0.05, 0.1) is 12.5 Å². The van der Waals surface area contributed by atoms with Crippen LogP contribution in [-0.4, -0.2) is 24.5 Å². The summed E-state index contributed by atoms with van der Waals surface area (Å²) in [5, 5.41) is 2.69. The van der Waals surface area contributed by atoms with Gasteiger partial charge in [-0.05, 0) is 5.92 Å². The van der Waals surface area contributed by atoms with Crippen LogP contribution in [0.3, 0.4) is 0 Å². The Bertz CT molecular complexity index is 225. The normalized spacial score (nSPS) is 27.5. The zero-order valence-electron chi connectivity index (χ0n) is 8.16. The standard InChI is InChI=1S/C9H15NO3/c1-5(2)8-7(13-6(3)11)4-10-9(8)12/h5,7-8H,4H2,1-3H3,(H,10,12). The van der Waals surface area contributed by atoms with Crippen LogP contribution in [0.2, 0.25) is 0 Å². The molecule has 1 heterocycles. The molecule has 0 bridgehead atoms. The van der Waals surface area contributed by atoms with E-state index in [9.17, 15) is 9.59 Å². The number of carbonyl (C=O) groups is 2. The molecule has 1 saturated heterocycles. The van der Waals surface area contributed by atoms with Gasteiger partial charge in [0, 0.05) is 6.92 Å². The van der Waals surface area contributed by atoms with Gasteiger partial charge in [-0.1, -0.05) is 13.8 Å². The summed E-state index contributed by atoms with van der Waals surface area (Å²) in [5.41, 5.74) is 0. The Morgan fingerprint density at radius 1 is 1.62 bits per heavy atom. The second kappa shape index (κ2) is 3.77. The number of ether oxygens (including phenoxy) is 1. The quantitative estimate of drug-likeness (QED) is 0.630. The third-order valence-electron chi connectivity index (χ3n) is 2.22. The van der Waals surface area contributed by atoms with Crippen molar-refractivity contribution in [2.24, 2.45) is 11.8 Å². The van der Waals surface area contributed by atoms with Gasteiger partial charge in [0.1, 0.15) is 6.10 Å². The molecule has 0 aromatic heterocycles. The Kier molecular flexibility index (Phi) is 2.90. The molecule has 1 N–H and O–H groups in total. The van der Waals surface area contributed by atoms with Crippen molar-refractivity contribution in [3.63, 3.8) is 0 Å². The van der Waals surface area contributed by atoms with Gasteiger partial charge >= 0.3 is 5.97 Å². The molecule has 13 heavy (non-hydrogen) atoms. The number of carbonyl (C=O) groups excluding carboxylic acids is 2. The highest BCUT2D eigenvalue weighted by Crippen LogP contribution is 2.22. The van der Waals surface area contributed by atoms with E-state index in [0.717, 1.165) is 0 Å². The molecule has 1 aliphatic heterocycles. The first-order valence-electron chi connectivity index (χ1n) is 4.47. The van der Waals surface area contributed by atoms with E-state index in [1.54, 1.807) is 0 Å². The van der Waals surface area contributed by atoms with E-state index in [-0.39, 0.29) is 29.8 Å². The van der Waals surface area contributed by atoms with Crippen molar-refractivity contribution in [2.45, 2.75) is 26.9 Å². The fraction of sp³-hybridized carbons (Fsp3) is 0.778. The maximum atomic E-state index is 11.3. The van der Waals surface area contributed by atoms with Gasteiger partial charge in [-0.15, -0.1) is 0 Å². The number of hydrogen-bond donors (Lipinski definition) is 1. The first-order chi connectivity index (χ1) is 6.02. The monoisotopic (exact) mass is 185 g/mol. The van der Waals surface area contributed by atoms with Crippen LogP contribution < -0.4 is 5.32 Å². The molecule has 1 fully saturated rings. The fourth-order valence-corrected chi connectivity index (χ4v) is 1.68. The first kappa shape index (κ1) is 10.0. The molecule has 2 unspecified atom stereocenters. The van der Waals surface area contributed by atoms with E-state index in [2.05, 4.69) is 5.32 Å². The second-order valence-electron chi connectivity index (χ2n) is 3.66. The lowest BCUT2D eigenvalue weighted by atomic mass is 9.92. The average molecular weight is 185 g/mol. The highest BCUT2D eigenvalue weighted by atomic mass is 16.5. The third-order valence-corrected chi connectivity index (χ3v) is 2.22. The smallest absolute Gasteiger partial charge is 0.302 e. The van der Waals surface area contributed by atoms with Crippen LogP contribution >= 0.6 is 0 Å². The van der Waals surface area contributed by atoms with Crippen LogP contribution in [0.25, 0.3) is 0 Å². The molecule has 1 aliphatic rings. The van der Waals surface area contributed by atoms with Gasteiger partial charge in [0.15, 0.2) is 0 Å². The first-order valence-corrected chi connectivity index (χ1v) is 4.47. The van der Waals surface area contributed by atoms with Crippen LogP contribution in [0.1, 0.15) is 20.8 Å². The summed E-state index contributed by atoms with van der Waals surface area (Å²) < 4.78 is 5.03. The fourth-order valence-electron chi connectivity index (χ4n) is 1.68. The van der Waals surface area contributed by atoms with Crippen molar-refractivity contribution in [1.29, 1.82) is 0 Å². The molecular formula is C9H15NO3. The Labute approximate surface area is 77.6 Å². The summed E-state index contributed by atoms with van der Waals surface area (Å²) >= 11 is 0. The molecule has 0 aromatic carbocycles. The summed E-state index contributed by atoms with van der Waals surface area (Å²) in [5.74, 6) is -0.329. The van der Waals surface area contributed by atoms with Crippen molar-refractivity contribution in [1.82, 2.24) is 5.32 Å². The largest absolute Gasteiger partial charge is 0.460 e. The predicted octanol–water partition coefficient (Wildman–Crippen LogP) is 0.320. The number of amides is 1. The Morgan fingerprint density at radius 3 is 2.69 bits per heavy atom. The van der Waals surface area contributed by atoms with Gasteiger partial charge in [-0.2, -0.15) is 0 Å². The average Bonchev–Trinajstić information content (AvgIpc) is 2.30. The van der Waals surface area contributed by atoms with Crippen molar-refractivity contribution in [2.75, 3.05) is 6.54 Å². The minimum atomic E-state index is -0.327. The maximum absolute atomic E-state index is 11.3. The summed E-state index contributed by atoms with van der Waals surface area (Å²) in [4.78, 5) is 22.0. The summed E-state index contributed by atoms with van der Waals surface area (Å²) in [6, 6.07) is 0. The Balaban J connectivity index is 2.64. The van der Waals surface area contributed by atoms with Gasteiger partial charge in [0.25, 0.3) is 0 Å². The van der Waals surface area contributed by atoms with Gasteiger partial charge in [-0.3, -0.25) is 9.59 Å². The topological polar surface area (TPSA) is 55.4 Å². The van der Waals surface area contributed by atoms with Gasteiger partial charge in [0.2, 0.25) is 5.91 Å². The molecule has 74 valence electrons. The summed E-state index contributed by atoms with van der Waals surface area (Å²) in [7, 11) is 0. The third kappa shape index (κ3) is 2.20. The lowest BCUT2D eigenvalue weighted by Crippen LogP contribution is -2.30. The maximum Gasteiger partial charge on any atom is 0.302 e. The zero-order chi connectivity index (χ0) is 10.0. The summed E-state index contributed by atoms with van der Waals surface area (Å²) in [6.45, 7) is 5.71. The van der Waals surface area contributed by atoms with E-state index in [1.165, 1.54) is 6.92 Å². The number of rotatable bonds is 2. The highest BCUT2D eigenvalue weighted by Gasteiger charge is 2.38. The van der Waals surface area contributed by atoms with Crippen LogP contribution in [0.15, 0.2) is 0 Å². The molecule has 2 atom stereocenters. The molecule has 4 heteroatoms. The van der Waals surface area contributed by atoms with Crippen LogP contribution in [0, 0.1) is 11.8 Å². The van der Waals surface area contributed by atoms with Crippen LogP contribution in [0.4, 0.5) is 0 Å². The molecule has 1 amide bonds. The van der Waals surface area contributed by atoms with Gasteiger partial charge in [-0.25, -0.2) is 0 Å². The van der Waals surface area contributed by atoms with Crippen LogP contribution in [-0.2, 0) is 14.3 Å². The lowest BCUT2D eigenvalue weighted by Gasteiger charge is -2.19. The summed E-state index contributed by atoms with van der Waals surface area (Å²) in [6.07, 6.45) is -0.287.